The van der Waals surface area contributed by atoms with E-state index in [1.807, 2.05) is 109 Å². The highest BCUT2D eigenvalue weighted by Crippen LogP contribution is 2.47. The Morgan fingerprint density at radius 3 is 1.41 bits per heavy atom. The Morgan fingerprint density at radius 2 is 0.804 bits per heavy atom. The summed E-state index contributed by atoms with van der Waals surface area (Å²) in [7, 11) is 0. The van der Waals surface area contributed by atoms with Gasteiger partial charge in [0, 0.05) is 10.8 Å². The van der Waals surface area contributed by atoms with Crippen molar-refractivity contribution < 1.29 is 18.1 Å². The molecule has 0 radical (unpaired) electrons. The zero-order chi connectivity index (χ0) is 42.4. The minimum absolute atomic E-state index is 0.0816. The van der Waals surface area contributed by atoms with Gasteiger partial charge in [-0.05, 0) is 95.3 Å². The highest BCUT2D eigenvalue weighted by Gasteiger charge is 2.20. The van der Waals surface area contributed by atoms with Crippen molar-refractivity contribution in [1.29, 1.82) is 0 Å². The Labute approximate surface area is 310 Å². The normalized spacial score (nSPS) is 14.3. The van der Waals surface area contributed by atoms with Gasteiger partial charge in [0.05, 0.1) is 13.7 Å². The van der Waals surface area contributed by atoms with E-state index in [0.29, 0.717) is 43.8 Å². The lowest BCUT2D eigenvalue weighted by Crippen LogP contribution is -1.91. The van der Waals surface area contributed by atoms with Crippen LogP contribution in [0.15, 0.2) is 198 Å². The van der Waals surface area contributed by atoms with E-state index in [-0.39, 0.29) is 98.6 Å². The molecule has 0 saturated carbocycles. The van der Waals surface area contributed by atoms with E-state index in [1.165, 1.54) is 0 Å². The first kappa shape index (κ1) is 20.7. The molecule has 1 heteroatoms. The highest BCUT2D eigenvalue weighted by molar-refractivity contribution is 6.25. The van der Waals surface area contributed by atoms with Crippen molar-refractivity contribution in [2.45, 2.75) is 0 Å². The molecule has 10 aromatic rings. The fraction of sp³-hybridized carbons (Fsp3) is 0. The fourth-order valence-corrected chi connectivity index (χ4v) is 7.10. The molecule has 0 unspecified atom stereocenters. The lowest BCUT2D eigenvalue weighted by Gasteiger charge is -2.18. The molecule has 0 atom stereocenters. The largest absolute Gasteiger partial charge is 0.456 e. The van der Waals surface area contributed by atoms with Crippen molar-refractivity contribution >= 4 is 43.5 Å². The average Bonchev–Trinajstić information content (AvgIpc) is 3.69. The number of furan rings is 1. The summed E-state index contributed by atoms with van der Waals surface area (Å²) in [5.74, 6) is 0. The van der Waals surface area contributed by atoms with Gasteiger partial charge in [0.25, 0.3) is 0 Å². The molecule has 0 aliphatic rings. The summed E-state index contributed by atoms with van der Waals surface area (Å²) in [5.41, 5.74) is 4.52. The van der Waals surface area contributed by atoms with Crippen LogP contribution in [0, 0.1) is 0 Å². The van der Waals surface area contributed by atoms with Gasteiger partial charge in [-0.1, -0.05) is 176 Å². The van der Waals surface area contributed by atoms with Gasteiger partial charge in [-0.15, -0.1) is 0 Å². The molecular formula is C50H32O. The van der Waals surface area contributed by atoms with Crippen LogP contribution in [0.2, 0.25) is 0 Å². The van der Waals surface area contributed by atoms with Gasteiger partial charge in [0.1, 0.15) is 11.2 Å². The lowest BCUT2D eigenvalue weighted by atomic mass is 9.84. The van der Waals surface area contributed by atoms with Crippen LogP contribution in [-0.2, 0) is 0 Å². The summed E-state index contributed by atoms with van der Waals surface area (Å²) >= 11 is 0. The molecule has 0 spiro atoms. The summed E-state index contributed by atoms with van der Waals surface area (Å²) in [4.78, 5) is 0. The minimum atomic E-state index is -0.418. The Bertz CT molecular complexity index is 3370. The average molecular weight is 659 g/mol. The van der Waals surface area contributed by atoms with Crippen molar-refractivity contribution in [3.8, 4) is 55.6 Å². The van der Waals surface area contributed by atoms with E-state index in [2.05, 4.69) is 0 Å². The molecule has 9 aromatic carbocycles. The summed E-state index contributed by atoms with van der Waals surface area (Å²) in [6.07, 6.45) is 0. The molecule has 51 heavy (non-hydrogen) atoms. The molecule has 1 nitrogen and oxygen atoms in total. The van der Waals surface area contributed by atoms with Crippen LogP contribution in [0.4, 0.5) is 0 Å². The summed E-state index contributed by atoms with van der Waals surface area (Å²) < 4.78 is 98.8. The zero-order valence-electron chi connectivity index (χ0n) is 37.1. The van der Waals surface area contributed by atoms with Crippen molar-refractivity contribution in [2.75, 3.05) is 0 Å². The molecule has 0 aliphatic heterocycles. The number of benzene rings is 9. The zero-order valence-corrected chi connectivity index (χ0v) is 27.1. The third kappa shape index (κ3) is 4.94. The molecule has 10 rings (SSSR count). The van der Waals surface area contributed by atoms with Crippen molar-refractivity contribution in [3.63, 3.8) is 0 Å². The molecule has 0 amide bonds. The predicted octanol–water partition coefficient (Wildman–Crippen LogP) is 14.2. The van der Waals surface area contributed by atoms with Crippen LogP contribution >= 0.6 is 0 Å². The molecule has 1 aromatic heterocycles. The molecule has 0 fully saturated rings. The summed E-state index contributed by atoms with van der Waals surface area (Å²) in [6.45, 7) is 0. The van der Waals surface area contributed by atoms with Crippen LogP contribution in [-0.4, -0.2) is 0 Å². The maximum absolute atomic E-state index is 9.55. The van der Waals surface area contributed by atoms with E-state index in [9.17, 15) is 8.22 Å². The Hall–Kier alpha value is -6.70. The first-order chi connectivity index (χ1) is 29.5. The fourth-order valence-electron chi connectivity index (χ4n) is 7.10. The van der Waals surface area contributed by atoms with Gasteiger partial charge in [-0.25, -0.2) is 0 Å². The maximum atomic E-state index is 9.55. The second-order valence-corrected chi connectivity index (χ2v) is 12.4. The Morgan fingerprint density at radius 1 is 0.333 bits per heavy atom. The van der Waals surface area contributed by atoms with Crippen LogP contribution in [0.25, 0.3) is 99.1 Å². The quantitative estimate of drug-likeness (QED) is 0.168. The van der Waals surface area contributed by atoms with Crippen LogP contribution in [0.3, 0.4) is 0 Å². The number of rotatable bonds is 5. The van der Waals surface area contributed by atoms with Crippen molar-refractivity contribution in [1.82, 2.24) is 0 Å². The van der Waals surface area contributed by atoms with Gasteiger partial charge in [0.15, 0.2) is 0 Å². The number of fused-ring (bicyclic) bond motifs is 5. The Kier molecular flexibility index (Phi) is 4.88. The molecule has 0 aliphatic carbocycles. The molecule has 0 saturated heterocycles. The standard InChI is InChI=1S/C50H32O/c1-3-12-33(13-4-1)35-22-24-36(25-23-35)37-26-28-38(29-27-37)48-40-16-7-9-18-42(40)49(43-19-10-8-17-41(43)48)44-20-11-21-47-50(44)45-32-39(30-31-46(45)51-47)34-14-5-2-6-15-34/h1-32H/i11D,20D,21D,26D,27D,28D,29D,30D,31D,32D. The topological polar surface area (TPSA) is 13.1 Å². The monoisotopic (exact) mass is 658 g/mol. The van der Waals surface area contributed by atoms with Gasteiger partial charge in [-0.2, -0.15) is 0 Å². The van der Waals surface area contributed by atoms with Gasteiger partial charge < -0.3 is 4.42 Å². The minimum Gasteiger partial charge on any atom is -0.456 e. The third-order valence-corrected chi connectivity index (χ3v) is 9.47. The van der Waals surface area contributed by atoms with E-state index in [4.69, 9.17) is 9.90 Å². The third-order valence-electron chi connectivity index (χ3n) is 9.47. The molecule has 238 valence electrons. The molecule has 0 bridgehead atoms. The van der Waals surface area contributed by atoms with E-state index in [0.717, 1.165) is 11.1 Å². The predicted molar refractivity (Wildman–Crippen MR) is 216 cm³/mol. The second-order valence-electron chi connectivity index (χ2n) is 12.4. The van der Waals surface area contributed by atoms with Crippen LogP contribution in [0.1, 0.15) is 13.7 Å². The van der Waals surface area contributed by atoms with Gasteiger partial charge in [0.2, 0.25) is 0 Å². The summed E-state index contributed by atoms with van der Waals surface area (Å²) in [5, 5.41) is 2.59. The van der Waals surface area contributed by atoms with Gasteiger partial charge in [-0.3, -0.25) is 0 Å². The molecule has 0 N–H and O–H groups in total. The van der Waals surface area contributed by atoms with Crippen molar-refractivity contribution in [3.05, 3.63) is 194 Å². The maximum Gasteiger partial charge on any atom is 0.136 e. The second kappa shape index (κ2) is 12.0. The van der Waals surface area contributed by atoms with E-state index >= 15 is 0 Å². The number of hydrogen-bond donors (Lipinski definition) is 0. The van der Waals surface area contributed by atoms with E-state index < -0.39 is 6.04 Å². The smallest absolute Gasteiger partial charge is 0.136 e. The highest BCUT2D eigenvalue weighted by atomic mass is 16.3. The SMILES string of the molecule is [2H]c1c([2H])c(-c2c3ccccc3c(-c3c([2H])c([2H])c([2H])c4oc5c([2H])c([2H])c(-c6ccccc6)c([2H])c5c34)c3ccccc23)c([2H])c([2H])c1-c1ccc(-c2ccccc2)cc1. The van der Waals surface area contributed by atoms with Crippen molar-refractivity contribution in [2.24, 2.45) is 0 Å². The van der Waals surface area contributed by atoms with E-state index in [1.54, 1.807) is 24.3 Å². The molecule has 1 heterocycles. The Balaban J connectivity index is 1.29. The first-order valence-electron chi connectivity index (χ1n) is 21.7. The van der Waals surface area contributed by atoms with Crippen LogP contribution in [0.5, 0.6) is 0 Å². The summed E-state index contributed by atoms with van der Waals surface area (Å²) in [6, 6.07) is 38.2. The molecular weight excluding hydrogens is 617 g/mol. The van der Waals surface area contributed by atoms with Crippen LogP contribution < -0.4 is 0 Å². The van der Waals surface area contributed by atoms with Gasteiger partial charge >= 0.3 is 0 Å². The number of hydrogen-bond acceptors (Lipinski definition) is 1. The lowest BCUT2D eigenvalue weighted by molar-refractivity contribution is 0.669. The first-order valence-corrected chi connectivity index (χ1v) is 16.7.